The van der Waals surface area contributed by atoms with Crippen molar-refractivity contribution in [2.45, 2.75) is 12.7 Å². The quantitative estimate of drug-likeness (QED) is 0.785. The average molecular weight is 248 g/mol. The van der Waals surface area contributed by atoms with Gasteiger partial charge in [-0.05, 0) is 23.8 Å². The molecule has 0 aromatic heterocycles. The third-order valence-corrected chi connectivity index (χ3v) is 2.27. The number of alkyl halides is 3. The van der Waals surface area contributed by atoms with E-state index in [9.17, 15) is 13.2 Å². The number of hydrogen-bond acceptors (Lipinski definition) is 3. The Balaban J connectivity index is 2.85. The maximum atomic E-state index is 12.6. The molecule has 96 valence electrons. The topological polar surface area (TPSA) is 47.3 Å². The van der Waals surface area contributed by atoms with Crippen molar-refractivity contribution in [2.24, 2.45) is 5.73 Å². The summed E-state index contributed by atoms with van der Waals surface area (Å²) < 4.78 is 42.6. The van der Waals surface area contributed by atoms with Gasteiger partial charge in [-0.3, -0.25) is 0 Å². The second-order valence-electron chi connectivity index (χ2n) is 3.49. The maximum absolute atomic E-state index is 12.6. The fourth-order valence-corrected chi connectivity index (χ4v) is 1.45. The number of ether oxygens (including phenoxy) is 1. The normalized spacial score (nSPS) is 11.6. The third-order valence-electron chi connectivity index (χ3n) is 2.27. The van der Waals surface area contributed by atoms with Crippen LogP contribution in [-0.4, -0.2) is 20.3 Å². The molecule has 1 rings (SSSR count). The van der Waals surface area contributed by atoms with Gasteiger partial charge in [-0.2, -0.15) is 13.2 Å². The minimum Gasteiger partial charge on any atom is -0.383 e. The van der Waals surface area contributed by atoms with Crippen LogP contribution in [0.15, 0.2) is 18.2 Å². The van der Waals surface area contributed by atoms with Crippen molar-refractivity contribution in [3.05, 3.63) is 29.3 Å². The zero-order chi connectivity index (χ0) is 12.9. The minimum absolute atomic E-state index is 0.0833. The summed E-state index contributed by atoms with van der Waals surface area (Å²) in [6.45, 7) is 0.875. The molecular weight excluding hydrogens is 233 g/mol. The zero-order valence-corrected chi connectivity index (χ0v) is 9.47. The van der Waals surface area contributed by atoms with E-state index in [1.165, 1.54) is 12.1 Å². The maximum Gasteiger partial charge on any atom is 0.416 e. The molecule has 0 unspecified atom stereocenters. The number of hydrogen-bond donors (Lipinski definition) is 2. The fraction of sp³-hybridized carbons (Fsp3) is 0.455. The number of methoxy groups -OCH3 is 1. The van der Waals surface area contributed by atoms with Gasteiger partial charge in [0.05, 0.1) is 12.2 Å². The molecule has 6 heteroatoms. The van der Waals surface area contributed by atoms with E-state index < -0.39 is 11.7 Å². The Hall–Kier alpha value is -1.27. The van der Waals surface area contributed by atoms with Crippen LogP contribution in [0.1, 0.15) is 11.1 Å². The molecule has 3 nitrogen and oxygen atoms in total. The van der Waals surface area contributed by atoms with Gasteiger partial charge in [0.25, 0.3) is 0 Å². The minimum atomic E-state index is -4.36. The van der Waals surface area contributed by atoms with Crippen molar-refractivity contribution in [1.82, 2.24) is 0 Å². The highest BCUT2D eigenvalue weighted by Gasteiger charge is 2.32. The second-order valence-corrected chi connectivity index (χ2v) is 3.49. The first kappa shape index (κ1) is 13.8. The second kappa shape index (κ2) is 5.88. The van der Waals surface area contributed by atoms with Crippen molar-refractivity contribution in [2.75, 3.05) is 25.6 Å². The van der Waals surface area contributed by atoms with Gasteiger partial charge in [0, 0.05) is 25.9 Å². The van der Waals surface area contributed by atoms with E-state index in [1.807, 2.05) is 0 Å². The molecule has 0 aliphatic heterocycles. The van der Waals surface area contributed by atoms with Gasteiger partial charge in [-0.1, -0.05) is 0 Å². The number of halogens is 3. The summed E-state index contributed by atoms with van der Waals surface area (Å²) in [4.78, 5) is 0. The molecule has 0 aliphatic rings. The smallest absolute Gasteiger partial charge is 0.383 e. The summed E-state index contributed by atoms with van der Waals surface area (Å²) in [5, 5.41) is 2.95. The largest absolute Gasteiger partial charge is 0.416 e. The summed E-state index contributed by atoms with van der Waals surface area (Å²) in [7, 11) is 1.56. The molecule has 1 aromatic carbocycles. The highest BCUT2D eigenvalue weighted by molar-refractivity contribution is 5.49. The zero-order valence-electron chi connectivity index (χ0n) is 9.47. The summed E-state index contributed by atoms with van der Waals surface area (Å²) in [5.41, 5.74) is 5.33. The molecular formula is C11H15F3N2O. The predicted octanol–water partition coefficient (Wildman–Crippen LogP) is 2.22. The van der Waals surface area contributed by atoms with Crippen LogP contribution in [0.3, 0.4) is 0 Å². The lowest BCUT2D eigenvalue weighted by Gasteiger charge is -2.14. The molecule has 0 amide bonds. The van der Waals surface area contributed by atoms with Gasteiger partial charge in [0.15, 0.2) is 0 Å². The van der Waals surface area contributed by atoms with Crippen LogP contribution in [0.4, 0.5) is 18.9 Å². The molecule has 0 saturated carbocycles. The van der Waals surface area contributed by atoms with Crippen LogP contribution in [-0.2, 0) is 17.5 Å². The lowest BCUT2D eigenvalue weighted by atomic mass is 10.1. The van der Waals surface area contributed by atoms with Crippen LogP contribution in [0.25, 0.3) is 0 Å². The number of benzene rings is 1. The third kappa shape index (κ3) is 3.90. The van der Waals surface area contributed by atoms with Gasteiger partial charge < -0.3 is 15.8 Å². The lowest BCUT2D eigenvalue weighted by molar-refractivity contribution is -0.138. The predicted molar refractivity (Wildman–Crippen MR) is 59.7 cm³/mol. The van der Waals surface area contributed by atoms with Gasteiger partial charge in [-0.25, -0.2) is 0 Å². The molecule has 17 heavy (non-hydrogen) atoms. The van der Waals surface area contributed by atoms with Crippen molar-refractivity contribution < 1.29 is 17.9 Å². The first-order valence-corrected chi connectivity index (χ1v) is 5.12. The Morgan fingerprint density at radius 2 is 2.06 bits per heavy atom. The molecule has 0 heterocycles. The van der Waals surface area contributed by atoms with Crippen molar-refractivity contribution >= 4 is 5.69 Å². The Kier molecular flexibility index (Phi) is 4.77. The van der Waals surface area contributed by atoms with E-state index in [2.05, 4.69) is 5.32 Å². The summed E-state index contributed by atoms with van der Waals surface area (Å²) in [5.74, 6) is 0. The van der Waals surface area contributed by atoms with E-state index in [0.717, 1.165) is 6.07 Å². The average Bonchev–Trinajstić information content (AvgIpc) is 2.28. The monoisotopic (exact) mass is 248 g/mol. The van der Waals surface area contributed by atoms with Gasteiger partial charge in [-0.15, -0.1) is 0 Å². The molecule has 0 saturated heterocycles. The first-order valence-electron chi connectivity index (χ1n) is 5.12. The molecule has 0 radical (unpaired) electrons. The van der Waals surface area contributed by atoms with Gasteiger partial charge in [0.1, 0.15) is 0 Å². The van der Waals surface area contributed by atoms with E-state index in [0.29, 0.717) is 18.8 Å². The highest BCUT2D eigenvalue weighted by Crippen LogP contribution is 2.33. The number of anilines is 1. The van der Waals surface area contributed by atoms with Crippen LogP contribution in [0.5, 0.6) is 0 Å². The Morgan fingerprint density at radius 1 is 1.35 bits per heavy atom. The molecule has 0 spiro atoms. The summed E-state index contributed by atoms with van der Waals surface area (Å²) >= 11 is 0. The lowest BCUT2D eigenvalue weighted by Crippen LogP contribution is -2.13. The number of nitrogens with two attached hydrogens (primary N) is 1. The van der Waals surface area contributed by atoms with Gasteiger partial charge >= 0.3 is 6.18 Å². The van der Waals surface area contributed by atoms with Crippen LogP contribution in [0.2, 0.25) is 0 Å². The number of nitrogens with one attached hydrogen (secondary N) is 1. The SMILES string of the molecule is COCCNc1ccc(C(F)(F)F)c(CN)c1. The summed E-state index contributed by atoms with van der Waals surface area (Å²) in [6.07, 6.45) is -4.36. The Bertz CT molecular complexity index is 366. The standard InChI is InChI=1S/C11H15F3N2O/c1-17-5-4-16-9-2-3-10(11(12,13)14)8(6-9)7-15/h2-3,6,16H,4-5,7,15H2,1H3. The van der Waals surface area contributed by atoms with Crippen LogP contribution < -0.4 is 11.1 Å². The van der Waals surface area contributed by atoms with Gasteiger partial charge in [0.2, 0.25) is 0 Å². The first-order chi connectivity index (χ1) is 7.99. The Labute approximate surface area is 97.8 Å². The van der Waals surface area contributed by atoms with E-state index >= 15 is 0 Å². The van der Waals surface area contributed by atoms with Crippen LogP contribution in [0, 0.1) is 0 Å². The molecule has 0 atom stereocenters. The fourth-order valence-electron chi connectivity index (χ4n) is 1.45. The van der Waals surface area contributed by atoms with Crippen LogP contribution >= 0.6 is 0 Å². The molecule has 0 aliphatic carbocycles. The highest BCUT2D eigenvalue weighted by atomic mass is 19.4. The molecule has 1 aromatic rings. The van der Waals surface area contributed by atoms with Crippen molar-refractivity contribution in [1.29, 1.82) is 0 Å². The molecule has 0 bridgehead atoms. The van der Waals surface area contributed by atoms with E-state index in [-0.39, 0.29) is 12.1 Å². The van der Waals surface area contributed by atoms with Crippen molar-refractivity contribution in [3.8, 4) is 0 Å². The summed E-state index contributed by atoms with van der Waals surface area (Å²) in [6, 6.07) is 3.84. The van der Waals surface area contributed by atoms with E-state index in [4.69, 9.17) is 10.5 Å². The van der Waals surface area contributed by atoms with Crippen molar-refractivity contribution in [3.63, 3.8) is 0 Å². The Morgan fingerprint density at radius 3 is 2.59 bits per heavy atom. The molecule has 3 N–H and O–H groups in total. The molecule has 0 fully saturated rings. The number of rotatable bonds is 5. The van der Waals surface area contributed by atoms with E-state index in [1.54, 1.807) is 7.11 Å².